The van der Waals surface area contributed by atoms with Crippen LogP contribution in [0.25, 0.3) is 0 Å². The van der Waals surface area contributed by atoms with Crippen molar-refractivity contribution in [2.45, 2.75) is 24.2 Å². The van der Waals surface area contributed by atoms with E-state index in [1.807, 2.05) is 0 Å². The molecule has 1 heterocycles. The Hall–Kier alpha value is -2.09. The average molecular weight is 394 g/mol. The van der Waals surface area contributed by atoms with Gasteiger partial charge in [0.15, 0.2) is 0 Å². The quantitative estimate of drug-likeness (QED) is 0.764. The molecule has 1 fully saturated rings. The van der Waals surface area contributed by atoms with Gasteiger partial charge in [0.2, 0.25) is 15.9 Å². The third-order valence-corrected chi connectivity index (χ3v) is 6.62. The van der Waals surface area contributed by atoms with Gasteiger partial charge in [-0.3, -0.25) is 4.79 Å². The van der Waals surface area contributed by atoms with Crippen molar-refractivity contribution in [3.05, 3.63) is 53.1 Å². The van der Waals surface area contributed by atoms with Gasteiger partial charge in [0.05, 0.1) is 11.4 Å². The minimum Gasteiger partial charge on any atom is -0.399 e. The molecular weight excluding hydrogens is 374 g/mol. The second kappa shape index (κ2) is 7.65. The van der Waals surface area contributed by atoms with E-state index in [0.29, 0.717) is 24.5 Å². The van der Waals surface area contributed by atoms with E-state index in [1.165, 1.54) is 16.4 Å². The molecule has 0 saturated carbocycles. The van der Waals surface area contributed by atoms with E-state index in [4.69, 9.17) is 17.3 Å². The van der Waals surface area contributed by atoms with Gasteiger partial charge in [-0.1, -0.05) is 23.7 Å². The summed E-state index contributed by atoms with van der Waals surface area (Å²) in [6.07, 6.45) is 1.85. The third-order valence-electron chi connectivity index (χ3n) is 4.24. The van der Waals surface area contributed by atoms with Crippen molar-refractivity contribution >= 4 is 38.9 Å². The first-order valence-corrected chi connectivity index (χ1v) is 10.1. The molecule has 0 aromatic heterocycles. The van der Waals surface area contributed by atoms with E-state index in [-0.39, 0.29) is 22.2 Å². The average Bonchev–Trinajstić information content (AvgIpc) is 3.14. The summed E-state index contributed by atoms with van der Waals surface area (Å²) in [6.45, 7) is 0.985. The number of nitrogens with one attached hydrogen (secondary N) is 1. The molecule has 1 amide bonds. The smallest absolute Gasteiger partial charge is 0.244 e. The second-order valence-corrected chi connectivity index (χ2v) is 8.54. The van der Waals surface area contributed by atoms with Crippen molar-refractivity contribution in [3.63, 3.8) is 0 Å². The number of benzene rings is 2. The summed E-state index contributed by atoms with van der Waals surface area (Å²) in [5, 5.41) is 2.87. The zero-order chi connectivity index (χ0) is 18.7. The lowest BCUT2D eigenvalue weighted by Crippen LogP contribution is -2.28. The summed E-state index contributed by atoms with van der Waals surface area (Å²) >= 11 is 6.11. The van der Waals surface area contributed by atoms with Gasteiger partial charge in [-0.15, -0.1) is 0 Å². The van der Waals surface area contributed by atoms with Crippen LogP contribution in [0.5, 0.6) is 0 Å². The molecule has 2 aromatic rings. The predicted octanol–water partition coefficient (Wildman–Crippen LogP) is 2.89. The second-order valence-electron chi connectivity index (χ2n) is 6.22. The Morgan fingerprint density at radius 3 is 2.42 bits per heavy atom. The number of nitrogen functional groups attached to an aromatic ring is 1. The maximum Gasteiger partial charge on any atom is 0.244 e. The van der Waals surface area contributed by atoms with E-state index in [2.05, 4.69) is 5.32 Å². The molecule has 8 heteroatoms. The summed E-state index contributed by atoms with van der Waals surface area (Å²) < 4.78 is 26.9. The van der Waals surface area contributed by atoms with Crippen molar-refractivity contribution in [2.75, 3.05) is 24.1 Å². The Labute approximate surface area is 158 Å². The molecule has 26 heavy (non-hydrogen) atoms. The lowest BCUT2D eigenvalue weighted by atomic mass is 10.1. The van der Waals surface area contributed by atoms with Crippen molar-refractivity contribution in [2.24, 2.45) is 0 Å². The zero-order valence-electron chi connectivity index (χ0n) is 14.1. The Balaban J connectivity index is 1.76. The van der Waals surface area contributed by atoms with E-state index < -0.39 is 10.0 Å². The summed E-state index contributed by atoms with van der Waals surface area (Å²) in [7, 11) is -3.66. The van der Waals surface area contributed by atoms with Crippen LogP contribution in [0.4, 0.5) is 11.4 Å². The largest absolute Gasteiger partial charge is 0.399 e. The fourth-order valence-electron chi connectivity index (χ4n) is 2.87. The van der Waals surface area contributed by atoms with Gasteiger partial charge in [0.1, 0.15) is 4.90 Å². The standard InChI is InChI=1S/C18H20ClN3O3S/c19-16-8-7-15(12-17(16)26(24,25)22-9-1-2-10-22)21-18(23)11-13-3-5-14(20)6-4-13/h3-8,12H,1-2,9-11,20H2,(H,21,23). The minimum absolute atomic E-state index is 0.0198. The Morgan fingerprint density at radius 2 is 1.77 bits per heavy atom. The van der Waals surface area contributed by atoms with Crippen LogP contribution >= 0.6 is 11.6 Å². The summed E-state index contributed by atoms with van der Waals surface area (Å²) in [5.41, 5.74) is 7.47. The minimum atomic E-state index is -3.66. The highest BCUT2D eigenvalue weighted by Gasteiger charge is 2.29. The highest BCUT2D eigenvalue weighted by atomic mass is 35.5. The Kier molecular flexibility index (Phi) is 5.50. The number of sulfonamides is 1. The molecule has 0 aliphatic carbocycles. The molecule has 0 spiro atoms. The third kappa shape index (κ3) is 4.17. The molecule has 6 nitrogen and oxygen atoms in total. The number of rotatable bonds is 5. The number of carbonyl (C=O) groups is 1. The fraction of sp³-hybridized carbons (Fsp3) is 0.278. The van der Waals surface area contributed by atoms with Gasteiger partial charge in [-0.2, -0.15) is 4.31 Å². The van der Waals surface area contributed by atoms with Gasteiger partial charge in [0, 0.05) is 24.5 Å². The molecule has 1 aliphatic heterocycles. The van der Waals surface area contributed by atoms with Crippen LogP contribution in [0.15, 0.2) is 47.4 Å². The SMILES string of the molecule is Nc1ccc(CC(=O)Nc2ccc(Cl)c(S(=O)(=O)N3CCCC3)c2)cc1. The molecule has 3 rings (SSSR count). The van der Waals surface area contributed by atoms with Crippen molar-refractivity contribution in [1.82, 2.24) is 4.31 Å². The lowest BCUT2D eigenvalue weighted by Gasteiger charge is -2.17. The van der Waals surface area contributed by atoms with Crippen LogP contribution in [0.2, 0.25) is 5.02 Å². The predicted molar refractivity (Wildman–Crippen MR) is 103 cm³/mol. The molecule has 1 aliphatic rings. The van der Waals surface area contributed by atoms with Crippen molar-refractivity contribution in [1.29, 1.82) is 0 Å². The number of carbonyl (C=O) groups excluding carboxylic acids is 1. The van der Waals surface area contributed by atoms with Crippen molar-refractivity contribution in [3.8, 4) is 0 Å². The van der Waals surface area contributed by atoms with Gasteiger partial charge in [-0.25, -0.2) is 8.42 Å². The molecule has 0 bridgehead atoms. The summed E-state index contributed by atoms with van der Waals surface area (Å²) in [5.74, 6) is -0.249. The normalized spacial score (nSPS) is 15.1. The molecule has 1 saturated heterocycles. The van der Waals surface area contributed by atoms with E-state index in [1.54, 1.807) is 30.3 Å². The van der Waals surface area contributed by atoms with E-state index in [9.17, 15) is 13.2 Å². The summed E-state index contributed by atoms with van der Waals surface area (Å²) in [6, 6.07) is 11.5. The first-order valence-electron chi connectivity index (χ1n) is 8.30. The van der Waals surface area contributed by atoms with Crippen molar-refractivity contribution < 1.29 is 13.2 Å². The van der Waals surface area contributed by atoms with Gasteiger partial charge < -0.3 is 11.1 Å². The number of nitrogens with zero attached hydrogens (tertiary/aromatic N) is 1. The lowest BCUT2D eigenvalue weighted by molar-refractivity contribution is -0.115. The molecule has 2 aromatic carbocycles. The van der Waals surface area contributed by atoms with Gasteiger partial charge in [-0.05, 0) is 48.7 Å². The molecule has 3 N–H and O–H groups in total. The van der Waals surface area contributed by atoms with Crippen LogP contribution in [-0.2, 0) is 21.2 Å². The summed E-state index contributed by atoms with van der Waals surface area (Å²) in [4.78, 5) is 12.3. The topological polar surface area (TPSA) is 92.5 Å². The Bertz CT molecular complexity index is 908. The zero-order valence-corrected chi connectivity index (χ0v) is 15.7. The molecular formula is C18H20ClN3O3S. The monoisotopic (exact) mass is 393 g/mol. The fourth-order valence-corrected chi connectivity index (χ4v) is 4.89. The number of hydrogen-bond donors (Lipinski definition) is 2. The molecule has 0 atom stereocenters. The number of amides is 1. The van der Waals surface area contributed by atoms with Crippen LogP contribution in [0.3, 0.4) is 0 Å². The molecule has 0 unspecified atom stereocenters. The highest BCUT2D eigenvalue weighted by Crippen LogP contribution is 2.29. The first-order chi connectivity index (χ1) is 12.4. The van der Waals surface area contributed by atoms with Gasteiger partial charge in [0.25, 0.3) is 0 Å². The Morgan fingerprint density at radius 1 is 1.12 bits per heavy atom. The number of halogens is 1. The van der Waals surface area contributed by atoms with Crippen LogP contribution in [-0.4, -0.2) is 31.7 Å². The van der Waals surface area contributed by atoms with Crippen LogP contribution < -0.4 is 11.1 Å². The number of anilines is 2. The molecule has 138 valence electrons. The van der Waals surface area contributed by atoms with Gasteiger partial charge >= 0.3 is 0 Å². The maximum atomic E-state index is 12.7. The van der Waals surface area contributed by atoms with Crippen LogP contribution in [0, 0.1) is 0 Å². The maximum absolute atomic E-state index is 12.7. The van der Waals surface area contributed by atoms with E-state index in [0.717, 1.165) is 18.4 Å². The van der Waals surface area contributed by atoms with E-state index >= 15 is 0 Å². The highest BCUT2D eigenvalue weighted by molar-refractivity contribution is 7.89. The van der Waals surface area contributed by atoms with Crippen LogP contribution in [0.1, 0.15) is 18.4 Å². The molecule has 0 radical (unpaired) electrons. The number of hydrogen-bond acceptors (Lipinski definition) is 4. The number of nitrogens with two attached hydrogens (primary N) is 1. The first kappa shape index (κ1) is 18.7.